The smallest absolute Gasteiger partial charge is 0.340 e. The number of aromatic nitrogens is 2. The summed E-state index contributed by atoms with van der Waals surface area (Å²) < 4.78 is 11.5. The molecule has 3 heterocycles. The van der Waals surface area contributed by atoms with E-state index < -0.39 is 0 Å². The number of rotatable bonds is 4. The lowest BCUT2D eigenvalue weighted by molar-refractivity contribution is 0.0462. The average Bonchev–Trinajstić information content (AvgIpc) is 3.31. The molecular formula is C16H10N2O3S2. The summed E-state index contributed by atoms with van der Waals surface area (Å²) in [6.07, 6.45) is 0. The van der Waals surface area contributed by atoms with Gasteiger partial charge in [-0.3, -0.25) is 0 Å². The summed E-state index contributed by atoms with van der Waals surface area (Å²) in [5, 5.41) is 10.4. The maximum atomic E-state index is 12.2. The first-order valence-electron chi connectivity index (χ1n) is 6.80. The van der Waals surface area contributed by atoms with Gasteiger partial charge in [-0.25, -0.2) is 4.79 Å². The number of nitrogens with zero attached hydrogens (tertiary/aromatic N) is 2. The maximum Gasteiger partial charge on any atom is 0.340 e. The standard InChI is InChI=1S/C16H10N2O3S2/c19-16(12-9-23-13-4-2-1-3-11(12)13)20-7-14-17-15(21-18-14)10-5-6-22-8-10/h1-6,8-9H,7H2. The largest absolute Gasteiger partial charge is 0.454 e. The third-order valence-corrected chi connectivity index (χ3v) is 4.92. The first-order chi connectivity index (χ1) is 11.3. The Morgan fingerprint density at radius 3 is 3.00 bits per heavy atom. The summed E-state index contributed by atoms with van der Waals surface area (Å²) in [4.78, 5) is 16.5. The second-order valence-electron chi connectivity index (χ2n) is 4.75. The van der Waals surface area contributed by atoms with Gasteiger partial charge in [0.15, 0.2) is 6.61 Å². The number of ether oxygens (including phenoxy) is 1. The highest BCUT2D eigenvalue weighted by molar-refractivity contribution is 7.17. The molecule has 0 saturated carbocycles. The van der Waals surface area contributed by atoms with Crippen LogP contribution in [0.4, 0.5) is 0 Å². The van der Waals surface area contributed by atoms with E-state index in [9.17, 15) is 4.79 Å². The molecule has 114 valence electrons. The first-order valence-corrected chi connectivity index (χ1v) is 8.62. The van der Waals surface area contributed by atoms with Crippen molar-refractivity contribution < 1.29 is 14.1 Å². The monoisotopic (exact) mass is 342 g/mol. The van der Waals surface area contributed by atoms with Gasteiger partial charge in [0, 0.05) is 20.8 Å². The quantitative estimate of drug-likeness (QED) is 0.515. The molecule has 0 aliphatic carbocycles. The van der Waals surface area contributed by atoms with E-state index in [2.05, 4.69) is 10.1 Å². The zero-order chi connectivity index (χ0) is 15.6. The lowest BCUT2D eigenvalue weighted by Gasteiger charge is -2.00. The molecule has 5 nitrogen and oxygen atoms in total. The number of thiophene rings is 2. The summed E-state index contributed by atoms with van der Waals surface area (Å²) in [7, 11) is 0. The molecule has 4 aromatic rings. The topological polar surface area (TPSA) is 65.2 Å². The Morgan fingerprint density at radius 2 is 2.13 bits per heavy atom. The lowest BCUT2D eigenvalue weighted by atomic mass is 10.2. The normalized spacial score (nSPS) is 11.0. The van der Waals surface area contributed by atoms with Crippen LogP contribution in [0.2, 0.25) is 0 Å². The molecule has 0 amide bonds. The van der Waals surface area contributed by atoms with Crippen molar-refractivity contribution >= 4 is 38.7 Å². The molecular weight excluding hydrogens is 332 g/mol. The first kappa shape index (κ1) is 14.1. The van der Waals surface area contributed by atoms with Crippen LogP contribution in [0.3, 0.4) is 0 Å². The van der Waals surface area contributed by atoms with Crippen molar-refractivity contribution in [1.29, 1.82) is 0 Å². The Hall–Kier alpha value is -2.51. The van der Waals surface area contributed by atoms with Crippen LogP contribution in [0.1, 0.15) is 16.2 Å². The molecule has 0 radical (unpaired) electrons. The summed E-state index contributed by atoms with van der Waals surface area (Å²) in [5.74, 6) is 0.390. The van der Waals surface area contributed by atoms with E-state index >= 15 is 0 Å². The fourth-order valence-corrected chi connectivity index (χ4v) is 3.72. The van der Waals surface area contributed by atoms with Crippen molar-refractivity contribution in [2.45, 2.75) is 6.61 Å². The predicted molar refractivity (Wildman–Crippen MR) is 88.6 cm³/mol. The number of carbonyl (C=O) groups is 1. The van der Waals surface area contributed by atoms with Crippen LogP contribution < -0.4 is 0 Å². The van der Waals surface area contributed by atoms with Crippen LogP contribution in [-0.2, 0) is 11.3 Å². The van der Waals surface area contributed by atoms with Crippen molar-refractivity contribution in [2.24, 2.45) is 0 Å². The molecule has 1 aromatic carbocycles. The van der Waals surface area contributed by atoms with E-state index in [1.807, 2.05) is 41.1 Å². The fraction of sp³-hybridized carbons (Fsp3) is 0.0625. The number of hydrogen-bond donors (Lipinski definition) is 0. The highest BCUT2D eigenvalue weighted by Crippen LogP contribution is 2.26. The number of carbonyl (C=O) groups excluding carboxylic acids is 1. The van der Waals surface area contributed by atoms with E-state index in [0.717, 1.165) is 15.6 Å². The van der Waals surface area contributed by atoms with Gasteiger partial charge >= 0.3 is 5.97 Å². The van der Waals surface area contributed by atoms with Gasteiger partial charge < -0.3 is 9.26 Å². The van der Waals surface area contributed by atoms with E-state index in [4.69, 9.17) is 9.26 Å². The van der Waals surface area contributed by atoms with Gasteiger partial charge in [0.1, 0.15) is 0 Å². The molecule has 0 spiro atoms. The van der Waals surface area contributed by atoms with Gasteiger partial charge in [-0.05, 0) is 17.5 Å². The fourth-order valence-electron chi connectivity index (χ4n) is 2.16. The van der Waals surface area contributed by atoms with Gasteiger partial charge in [-0.2, -0.15) is 16.3 Å². The Labute approximate surface area is 139 Å². The Morgan fingerprint density at radius 1 is 1.22 bits per heavy atom. The molecule has 0 atom stereocenters. The van der Waals surface area contributed by atoms with Crippen LogP contribution >= 0.6 is 22.7 Å². The van der Waals surface area contributed by atoms with Gasteiger partial charge in [-0.1, -0.05) is 23.4 Å². The van der Waals surface area contributed by atoms with Crippen LogP contribution in [0.5, 0.6) is 0 Å². The zero-order valence-corrected chi connectivity index (χ0v) is 13.4. The van der Waals surface area contributed by atoms with E-state index in [0.29, 0.717) is 17.3 Å². The van der Waals surface area contributed by atoms with E-state index in [-0.39, 0.29) is 12.6 Å². The van der Waals surface area contributed by atoms with E-state index in [1.54, 1.807) is 16.7 Å². The van der Waals surface area contributed by atoms with Crippen molar-refractivity contribution in [3.63, 3.8) is 0 Å². The summed E-state index contributed by atoms with van der Waals surface area (Å²) in [5.41, 5.74) is 1.43. The molecule has 0 aliphatic rings. The minimum atomic E-state index is -0.385. The molecule has 7 heteroatoms. The van der Waals surface area contributed by atoms with E-state index in [1.165, 1.54) is 11.3 Å². The Bertz CT molecular complexity index is 957. The minimum absolute atomic E-state index is 0.0172. The van der Waals surface area contributed by atoms with Gasteiger partial charge in [0.05, 0.1) is 11.1 Å². The predicted octanol–water partition coefficient (Wildman–Crippen LogP) is 4.37. The molecule has 3 aromatic heterocycles. The van der Waals surface area contributed by atoms with Gasteiger partial charge in [0.25, 0.3) is 5.89 Å². The number of hydrogen-bond acceptors (Lipinski definition) is 7. The number of benzene rings is 1. The molecule has 0 saturated heterocycles. The van der Waals surface area contributed by atoms with Crippen LogP contribution in [0.15, 0.2) is 51.0 Å². The lowest BCUT2D eigenvalue weighted by Crippen LogP contribution is -2.05. The molecule has 0 fully saturated rings. The highest BCUT2D eigenvalue weighted by atomic mass is 32.1. The molecule has 0 unspecified atom stereocenters. The van der Waals surface area contributed by atoms with Crippen molar-refractivity contribution in [3.05, 3.63) is 57.9 Å². The third-order valence-electron chi connectivity index (χ3n) is 3.27. The van der Waals surface area contributed by atoms with Crippen molar-refractivity contribution in [2.75, 3.05) is 0 Å². The molecule has 4 rings (SSSR count). The Kier molecular flexibility index (Phi) is 3.64. The van der Waals surface area contributed by atoms with Crippen molar-refractivity contribution in [1.82, 2.24) is 10.1 Å². The summed E-state index contributed by atoms with van der Waals surface area (Å²) in [6, 6.07) is 9.62. The molecule has 23 heavy (non-hydrogen) atoms. The number of esters is 1. The van der Waals surface area contributed by atoms with Gasteiger partial charge in [0.2, 0.25) is 5.82 Å². The SMILES string of the molecule is O=C(OCc1noc(-c2ccsc2)n1)c1csc2ccccc12. The molecule has 0 aliphatic heterocycles. The second kappa shape index (κ2) is 5.94. The van der Waals surface area contributed by atoms with Crippen LogP contribution in [0, 0.1) is 0 Å². The average molecular weight is 342 g/mol. The molecule has 0 bridgehead atoms. The summed E-state index contributed by atoms with van der Waals surface area (Å²) in [6.45, 7) is -0.0172. The summed E-state index contributed by atoms with van der Waals surface area (Å²) >= 11 is 3.07. The van der Waals surface area contributed by atoms with Crippen LogP contribution in [0.25, 0.3) is 21.5 Å². The van der Waals surface area contributed by atoms with Crippen LogP contribution in [-0.4, -0.2) is 16.1 Å². The maximum absolute atomic E-state index is 12.2. The molecule has 0 N–H and O–H groups in total. The highest BCUT2D eigenvalue weighted by Gasteiger charge is 2.15. The zero-order valence-electron chi connectivity index (χ0n) is 11.8. The van der Waals surface area contributed by atoms with Gasteiger partial charge in [-0.15, -0.1) is 11.3 Å². The number of fused-ring (bicyclic) bond motifs is 1. The minimum Gasteiger partial charge on any atom is -0.454 e. The van der Waals surface area contributed by atoms with Crippen molar-refractivity contribution in [3.8, 4) is 11.5 Å². The third kappa shape index (κ3) is 2.76. The Balaban J connectivity index is 1.48. The second-order valence-corrected chi connectivity index (χ2v) is 6.44.